The molecule has 2 rings (SSSR count). The quantitative estimate of drug-likeness (QED) is 0.722. The normalized spacial score (nSPS) is 10.4. The summed E-state index contributed by atoms with van der Waals surface area (Å²) in [4.78, 5) is 11.5. The SMILES string of the molecule is CNC(=O)c1ccc(NCc2cn(CCO)nn2)c(C)c1. The van der Waals surface area contributed by atoms with E-state index in [-0.39, 0.29) is 12.5 Å². The van der Waals surface area contributed by atoms with E-state index in [9.17, 15) is 4.79 Å². The van der Waals surface area contributed by atoms with Gasteiger partial charge in [-0.1, -0.05) is 5.21 Å². The molecule has 3 N–H and O–H groups in total. The first-order valence-corrected chi connectivity index (χ1v) is 6.70. The van der Waals surface area contributed by atoms with E-state index in [1.165, 1.54) is 0 Å². The highest BCUT2D eigenvalue weighted by atomic mass is 16.3. The van der Waals surface area contributed by atoms with Crippen molar-refractivity contribution in [2.24, 2.45) is 0 Å². The van der Waals surface area contributed by atoms with Crippen LogP contribution in [0.4, 0.5) is 5.69 Å². The van der Waals surface area contributed by atoms with E-state index in [4.69, 9.17) is 5.11 Å². The van der Waals surface area contributed by atoms with Gasteiger partial charge in [0.2, 0.25) is 0 Å². The number of benzene rings is 1. The molecule has 1 amide bonds. The first-order valence-electron chi connectivity index (χ1n) is 6.70. The van der Waals surface area contributed by atoms with Gasteiger partial charge in [0.25, 0.3) is 5.91 Å². The fourth-order valence-corrected chi connectivity index (χ4v) is 1.96. The highest BCUT2D eigenvalue weighted by Crippen LogP contribution is 2.17. The number of aliphatic hydroxyl groups is 1. The van der Waals surface area contributed by atoms with Crippen molar-refractivity contribution >= 4 is 11.6 Å². The summed E-state index contributed by atoms with van der Waals surface area (Å²) >= 11 is 0. The molecule has 0 atom stereocenters. The molecule has 0 saturated carbocycles. The molecule has 0 bridgehead atoms. The number of aliphatic hydroxyl groups excluding tert-OH is 1. The van der Waals surface area contributed by atoms with Crippen LogP contribution < -0.4 is 10.6 Å². The summed E-state index contributed by atoms with van der Waals surface area (Å²) in [6, 6.07) is 5.48. The van der Waals surface area contributed by atoms with E-state index in [0.29, 0.717) is 18.7 Å². The van der Waals surface area contributed by atoms with Gasteiger partial charge in [-0.25, -0.2) is 4.68 Å². The summed E-state index contributed by atoms with van der Waals surface area (Å²) in [7, 11) is 1.61. The fourth-order valence-electron chi connectivity index (χ4n) is 1.96. The lowest BCUT2D eigenvalue weighted by atomic mass is 10.1. The van der Waals surface area contributed by atoms with Crippen molar-refractivity contribution in [2.45, 2.75) is 20.0 Å². The number of rotatable bonds is 6. The molecule has 1 aromatic carbocycles. The fraction of sp³-hybridized carbons (Fsp3) is 0.357. The third-order valence-corrected chi connectivity index (χ3v) is 3.09. The lowest BCUT2D eigenvalue weighted by Crippen LogP contribution is -2.17. The molecule has 0 aliphatic heterocycles. The van der Waals surface area contributed by atoms with Crippen LogP contribution in [-0.2, 0) is 13.1 Å². The summed E-state index contributed by atoms with van der Waals surface area (Å²) in [5, 5.41) is 22.6. The Morgan fingerprint density at radius 1 is 1.43 bits per heavy atom. The summed E-state index contributed by atoms with van der Waals surface area (Å²) in [6.07, 6.45) is 1.79. The zero-order valence-electron chi connectivity index (χ0n) is 12.1. The lowest BCUT2D eigenvalue weighted by molar-refractivity contribution is 0.0963. The molecule has 0 fully saturated rings. The van der Waals surface area contributed by atoms with Crippen molar-refractivity contribution in [3.8, 4) is 0 Å². The Bertz CT molecular complexity index is 624. The average Bonchev–Trinajstić information content (AvgIpc) is 2.93. The van der Waals surface area contributed by atoms with Gasteiger partial charge in [-0.2, -0.15) is 0 Å². The largest absolute Gasteiger partial charge is 0.394 e. The van der Waals surface area contributed by atoms with E-state index in [1.54, 1.807) is 24.0 Å². The first kappa shape index (κ1) is 15.0. The number of aromatic nitrogens is 3. The van der Waals surface area contributed by atoms with E-state index >= 15 is 0 Å². The van der Waals surface area contributed by atoms with Crippen LogP contribution in [0.25, 0.3) is 0 Å². The molecule has 7 heteroatoms. The maximum atomic E-state index is 11.5. The van der Waals surface area contributed by atoms with Crippen LogP contribution >= 0.6 is 0 Å². The molecular formula is C14H19N5O2. The van der Waals surface area contributed by atoms with Gasteiger partial charge in [-0.05, 0) is 30.7 Å². The number of carbonyl (C=O) groups is 1. The summed E-state index contributed by atoms with van der Waals surface area (Å²) in [5.41, 5.74) is 3.35. The van der Waals surface area contributed by atoms with Gasteiger partial charge in [-0.15, -0.1) is 5.10 Å². The van der Waals surface area contributed by atoms with Gasteiger partial charge in [-0.3, -0.25) is 4.79 Å². The molecule has 0 unspecified atom stereocenters. The highest BCUT2D eigenvalue weighted by Gasteiger charge is 2.06. The maximum absolute atomic E-state index is 11.5. The molecule has 7 nitrogen and oxygen atoms in total. The summed E-state index contributed by atoms with van der Waals surface area (Å²) in [6.45, 7) is 2.95. The summed E-state index contributed by atoms with van der Waals surface area (Å²) < 4.78 is 1.60. The Morgan fingerprint density at radius 3 is 2.90 bits per heavy atom. The number of anilines is 1. The predicted octanol–water partition coefficient (Wildman–Crippen LogP) is 0.551. The highest BCUT2D eigenvalue weighted by molar-refractivity contribution is 5.94. The van der Waals surface area contributed by atoms with Crippen LogP contribution in [0.15, 0.2) is 24.4 Å². The monoisotopic (exact) mass is 289 g/mol. The van der Waals surface area contributed by atoms with Crippen molar-refractivity contribution < 1.29 is 9.90 Å². The number of aryl methyl sites for hydroxylation is 1. The smallest absolute Gasteiger partial charge is 0.251 e. The van der Waals surface area contributed by atoms with Crippen LogP contribution in [-0.4, -0.2) is 39.7 Å². The molecule has 0 saturated heterocycles. The zero-order valence-corrected chi connectivity index (χ0v) is 12.1. The Hall–Kier alpha value is -2.41. The predicted molar refractivity (Wildman–Crippen MR) is 79.0 cm³/mol. The standard InChI is InChI=1S/C14H19N5O2/c1-10-7-11(14(21)15-2)3-4-13(10)16-8-12-9-19(5-6-20)18-17-12/h3-4,7,9,16,20H,5-6,8H2,1-2H3,(H,15,21). The van der Waals surface area contributed by atoms with E-state index in [0.717, 1.165) is 16.9 Å². The Labute approximate surface area is 123 Å². The molecule has 2 aromatic rings. The summed E-state index contributed by atoms with van der Waals surface area (Å²) in [5.74, 6) is -0.100. The maximum Gasteiger partial charge on any atom is 0.251 e. The second-order valence-corrected chi connectivity index (χ2v) is 4.66. The van der Waals surface area contributed by atoms with Crippen LogP contribution in [0.1, 0.15) is 21.6 Å². The minimum Gasteiger partial charge on any atom is -0.394 e. The lowest BCUT2D eigenvalue weighted by Gasteiger charge is -2.09. The van der Waals surface area contributed by atoms with Crippen molar-refractivity contribution in [1.82, 2.24) is 20.3 Å². The first-order chi connectivity index (χ1) is 10.1. The van der Waals surface area contributed by atoms with Crippen LogP contribution in [0.5, 0.6) is 0 Å². The second-order valence-electron chi connectivity index (χ2n) is 4.66. The second kappa shape index (κ2) is 6.85. The third-order valence-electron chi connectivity index (χ3n) is 3.09. The number of amides is 1. The Balaban J connectivity index is 2.00. The number of hydrogen-bond donors (Lipinski definition) is 3. The number of carbonyl (C=O) groups excluding carboxylic acids is 1. The molecule has 1 heterocycles. The molecule has 0 aliphatic carbocycles. The Kier molecular flexibility index (Phi) is 4.89. The average molecular weight is 289 g/mol. The third kappa shape index (κ3) is 3.79. The van der Waals surface area contributed by atoms with E-state index < -0.39 is 0 Å². The van der Waals surface area contributed by atoms with Gasteiger partial charge in [0.1, 0.15) is 5.69 Å². The zero-order chi connectivity index (χ0) is 15.2. The van der Waals surface area contributed by atoms with Gasteiger partial charge in [0.15, 0.2) is 0 Å². The van der Waals surface area contributed by atoms with Crippen molar-refractivity contribution in [3.05, 3.63) is 41.2 Å². The van der Waals surface area contributed by atoms with Crippen molar-refractivity contribution in [1.29, 1.82) is 0 Å². The minimum absolute atomic E-state index is 0.0380. The van der Waals surface area contributed by atoms with Crippen molar-refractivity contribution in [2.75, 3.05) is 19.0 Å². The van der Waals surface area contributed by atoms with Crippen LogP contribution in [0.3, 0.4) is 0 Å². The Morgan fingerprint density at radius 2 is 2.24 bits per heavy atom. The van der Waals surface area contributed by atoms with Gasteiger partial charge in [0.05, 0.1) is 25.9 Å². The van der Waals surface area contributed by atoms with E-state index in [2.05, 4.69) is 20.9 Å². The molecule has 0 aliphatic rings. The number of hydrogen-bond acceptors (Lipinski definition) is 5. The van der Waals surface area contributed by atoms with Gasteiger partial charge in [0, 0.05) is 18.3 Å². The van der Waals surface area contributed by atoms with Gasteiger partial charge >= 0.3 is 0 Å². The molecule has 1 aromatic heterocycles. The molecule has 0 spiro atoms. The molecule has 21 heavy (non-hydrogen) atoms. The van der Waals surface area contributed by atoms with Crippen LogP contribution in [0, 0.1) is 6.92 Å². The van der Waals surface area contributed by atoms with Crippen LogP contribution in [0.2, 0.25) is 0 Å². The molecule has 0 radical (unpaired) electrons. The molecule has 112 valence electrons. The molecular weight excluding hydrogens is 270 g/mol. The minimum atomic E-state index is -0.100. The number of nitrogens with zero attached hydrogens (tertiary/aromatic N) is 3. The van der Waals surface area contributed by atoms with E-state index in [1.807, 2.05) is 19.1 Å². The van der Waals surface area contributed by atoms with Crippen molar-refractivity contribution in [3.63, 3.8) is 0 Å². The number of nitrogens with one attached hydrogen (secondary N) is 2. The van der Waals surface area contributed by atoms with Gasteiger partial charge < -0.3 is 15.7 Å². The topological polar surface area (TPSA) is 92.1 Å².